The first-order valence-corrected chi connectivity index (χ1v) is 24.1. The van der Waals surface area contributed by atoms with Crippen LogP contribution in [0.1, 0.15) is 83.8 Å². The van der Waals surface area contributed by atoms with Crippen LogP contribution in [-0.4, -0.2) is 66.0 Å². The van der Waals surface area contributed by atoms with Crippen molar-refractivity contribution in [3.63, 3.8) is 0 Å². The van der Waals surface area contributed by atoms with Crippen LogP contribution in [0, 0.1) is 0 Å². The molecule has 6 rings (SSSR count). The number of allylic oxidation sites excluding steroid dienone is 7. The van der Waals surface area contributed by atoms with Crippen LogP contribution < -0.4 is 34.5 Å². The molecule has 2 heterocycles. The van der Waals surface area contributed by atoms with E-state index in [1.165, 1.54) is 27.2 Å². The Morgan fingerprint density at radius 1 is 0.864 bits per heavy atom. The Hall–Kier alpha value is -2.94. The molecule has 3 aromatic carbocycles. The molecule has 0 atom stereocenters. The van der Waals surface area contributed by atoms with Gasteiger partial charge < -0.3 is 9.45 Å². The van der Waals surface area contributed by atoms with Crippen LogP contribution in [-0.2, 0) is 31.1 Å². The molecule has 0 radical (unpaired) electrons. The molecule has 1 aliphatic carbocycles. The van der Waals surface area contributed by atoms with Crippen LogP contribution in [0.3, 0.4) is 0 Å². The van der Waals surface area contributed by atoms with Gasteiger partial charge in [0.1, 0.15) is 6.54 Å². The summed E-state index contributed by atoms with van der Waals surface area (Å²) < 4.78 is 68.7. The van der Waals surface area contributed by atoms with E-state index in [2.05, 4.69) is 114 Å². The van der Waals surface area contributed by atoms with Crippen LogP contribution in [0.4, 0.5) is 17.1 Å². The number of anilines is 1. The summed E-state index contributed by atoms with van der Waals surface area (Å²) in [6, 6.07) is 24.7. The van der Waals surface area contributed by atoms with Crippen LogP contribution in [0.15, 0.2) is 129 Å². The van der Waals surface area contributed by atoms with Gasteiger partial charge in [0.2, 0.25) is 5.69 Å². The molecule has 0 saturated carbocycles. The third-order valence-electron chi connectivity index (χ3n) is 11.3. The Balaban J connectivity index is 0.00000661. The molecule has 59 heavy (non-hydrogen) atoms. The number of unbranched alkanes of at least 4 members (excludes halogenated alkanes) is 2. The number of para-hydroxylation sites is 2. The second kappa shape index (κ2) is 19.8. The number of isothiocyanates is 1. The second-order valence-electron chi connectivity index (χ2n) is 16.0. The minimum atomic E-state index is -4.28. The second-order valence-corrected chi connectivity index (χ2v) is 20.4. The topological polar surface area (TPSA) is 130 Å². The molecule has 0 fully saturated rings. The molecule has 2 aliphatic heterocycles. The fraction of sp³-hybridized carbons (Fsp3) is 0.378. The number of fused-ring (bicyclic) bond motifs is 2. The Kier molecular flexibility index (Phi) is 15.8. The first kappa shape index (κ1) is 47.1. The Morgan fingerprint density at radius 2 is 1.54 bits per heavy atom. The molecule has 0 amide bonds. The van der Waals surface area contributed by atoms with Gasteiger partial charge in [0.25, 0.3) is 10.1 Å². The molecular formula is C45H51N3NaO6S4+. The summed E-state index contributed by atoms with van der Waals surface area (Å²) in [5, 5.41) is 2.44. The van der Waals surface area contributed by atoms with Crippen molar-refractivity contribution in [2.45, 2.75) is 88.4 Å². The maximum absolute atomic E-state index is 11.5. The van der Waals surface area contributed by atoms with Gasteiger partial charge in [-0.3, -0.25) is 4.55 Å². The van der Waals surface area contributed by atoms with Crippen molar-refractivity contribution in [3.8, 4) is 0 Å². The van der Waals surface area contributed by atoms with E-state index in [1.807, 2.05) is 30.3 Å². The zero-order valence-corrected chi connectivity index (χ0v) is 39.7. The maximum Gasteiger partial charge on any atom is 1.00 e. The van der Waals surface area contributed by atoms with Crippen molar-refractivity contribution in [1.82, 2.24) is 0 Å². The number of benzene rings is 3. The van der Waals surface area contributed by atoms with Gasteiger partial charge in [-0.1, -0.05) is 74.2 Å². The molecule has 3 aliphatic rings. The maximum atomic E-state index is 11.5. The quantitative estimate of drug-likeness (QED) is 0.0397. The van der Waals surface area contributed by atoms with Gasteiger partial charge in [-0.2, -0.15) is 18.0 Å². The Labute approximate surface area is 382 Å². The molecule has 0 unspecified atom stereocenters. The van der Waals surface area contributed by atoms with Gasteiger partial charge >= 0.3 is 29.6 Å². The van der Waals surface area contributed by atoms with Gasteiger partial charge in [0.15, 0.2) is 5.71 Å². The molecule has 306 valence electrons. The summed E-state index contributed by atoms with van der Waals surface area (Å²) in [7, 11) is -8.31. The predicted molar refractivity (Wildman–Crippen MR) is 239 cm³/mol. The zero-order valence-electron chi connectivity index (χ0n) is 34.5. The van der Waals surface area contributed by atoms with Crippen LogP contribution >= 0.6 is 24.0 Å². The van der Waals surface area contributed by atoms with Crippen molar-refractivity contribution in [3.05, 3.63) is 130 Å². The largest absolute Gasteiger partial charge is 1.00 e. The van der Waals surface area contributed by atoms with Gasteiger partial charge in [-0.15, -0.1) is 0 Å². The fourth-order valence-corrected chi connectivity index (χ4v) is 10.7. The van der Waals surface area contributed by atoms with E-state index >= 15 is 0 Å². The van der Waals surface area contributed by atoms with E-state index in [0.29, 0.717) is 38.8 Å². The molecule has 3 aromatic rings. The van der Waals surface area contributed by atoms with E-state index < -0.39 is 20.2 Å². The monoisotopic (exact) mass is 880 g/mol. The standard InChI is InChI=1S/C45H51N3O6S4.Na/c1-44(2)37-16-5-7-18-39(37)47(28-9-11-30-57(49,50)51)41(44)26-20-33-14-13-15-34(43(33)56-36-24-22-35(23-25-36)46-32-55)21-27-42-45(3,4)38-17-6-8-19-40(38)48(42)29-10-12-31-58(52,53)54;/h5-8,16-27H,9-15,28-31H2,1-4H3,(H-,49,50,51,52,53,54);/q;+1. The number of rotatable bonds is 16. The molecule has 14 heteroatoms. The predicted octanol–water partition coefficient (Wildman–Crippen LogP) is 7.19. The third-order valence-corrected chi connectivity index (χ3v) is 14.2. The molecule has 0 bridgehead atoms. The minimum absolute atomic E-state index is 0. The summed E-state index contributed by atoms with van der Waals surface area (Å²) in [4.78, 5) is 8.66. The number of hydrogen-bond donors (Lipinski definition) is 1. The number of hydrogen-bond acceptors (Lipinski definition) is 9. The summed E-state index contributed by atoms with van der Waals surface area (Å²) in [6.45, 7) is 10.1. The van der Waals surface area contributed by atoms with Gasteiger partial charge in [-0.25, -0.2) is 8.42 Å². The van der Waals surface area contributed by atoms with Crippen molar-refractivity contribution in [1.29, 1.82) is 0 Å². The van der Waals surface area contributed by atoms with E-state index in [4.69, 9.17) is 12.2 Å². The molecule has 1 N–H and O–H groups in total. The van der Waals surface area contributed by atoms with Crippen molar-refractivity contribution in [2.24, 2.45) is 4.99 Å². The van der Waals surface area contributed by atoms with E-state index in [0.717, 1.165) is 52.6 Å². The van der Waals surface area contributed by atoms with Gasteiger partial charge in [0.05, 0.1) is 32.1 Å². The van der Waals surface area contributed by atoms with E-state index in [9.17, 15) is 25.9 Å². The Morgan fingerprint density at radius 3 is 2.24 bits per heavy atom. The normalized spacial score (nSPS) is 18.6. The zero-order chi connectivity index (χ0) is 41.7. The average Bonchev–Trinajstić information content (AvgIpc) is 3.52. The van der Waals surface area contributed by atoms with Crippen molar-refractivity contribution >= 4 is 72.2 Å². The van der Waals surface area contributed by atoms with Gasteiger partial charge in [0, 0.05) is 63.0 Å². The summed E-state index contributed by atoms with van der Waals surface area (Å²) in [6.07, 6.45) is 13.5. The number of thioether (sulfide) groups is 1. The summed E-state index contributed by atoms with van der Waals surface area (Å²) in [5.41, 5.74) is 9.43. The van der Waals surface area contributed by atoms with Crippen molar-refractivity contribution < 1.29 is 60.1 Å². The smallest absolute Gasteiger partial charge is 0.748 e. The first-order chi connectivity index (χ1) is 27.5. The number of thiocarbonyl (C=S) groups is 1. The summed E-state index contributed by atoms with van der Waals surface area (Å²) in [5.74, 6) is -0.634. The molecule has 0 saturated heterocycles. The van der Waals surface area contributed by atoms with Crippen LogP contribution in [0.2, 0.25) is 0 Å². The number of aliphatic imine (C=N–C) groups is 1. The van der Waals surface area contributed by atoms with Gasteiger partial charge in [-0.05, 0) is 118 Å². The molecular weight excluding hydrogens is 830 g/mol. The summed E-state index contributed by atoms with van der Waals surface area (Å²) >= 11 is 6.56. The van der Waals surface area contributed by atoms with Crippen molar-refractivity contribution in [2.75, 3.05) is 29.5 Å². The first-order valence-electron chi connectivity index (χ1n) is 19.7. The SMILES string of the molecule is CC1(C)C(/C=C/C2=C(Sc3ccc(N=C=S)cc3)C(=C/C=C3/N(CCCCS(=O)(=O)[O-])c4ccccc4C3(C)C)/CCC2)=[N+](CCCCS(=O)(=O)O)c2ccccc21.[Na+]. The number of nitrogens with zero attached hydrogens (tertiary/aromatic N) is 3. The molecule has 9 nitrogen and oxygen atoms in total. The van der Waals surface area contributed by atoms with Crippen LogP contribution in [0.25, 0.3) is 0 Å². The average molecular weight is 881 g/mol. The Bertz CT molecular complexity index is 2480. The fourth-order valence-electron chi connectivity index (χ4n) is 8.34. The van der Waals surface area contributed by atoms with Crippen LogP contribution in [0.5, 0.6) is 0 Å². The minimum Gasteiger partial charge on any atom is -0.748 e. The molecule has 0 aromatic heterocycles. The third kappa shape index (κ3) is 11.5. The molecule has 0 spiro atoms. The van der Waals surface area contributed by atoms with E-state index in [-0.39, 0.29) is 51.9 Å². The van der Waals surface area contributed by atoms with E-state index in [1.54, 1.807) is 11.8 Å².